The topological polar surface area (TPSA) is 50.8 Å². The second kappa shape index (κ2) is 5.32. The average molecular weight is 214 g/mol. The summed E-state index contributed by atoms with van der Waals surface area (Å²) in [6.45, 7) is 4.15. The molecule has 5 nitrogen and oxygen atoms in total. The lowest BCUT2D eigenvalue weighted by Crippen LogP contribution is -2.51. The van der Waals surface area contributed by atoms with Gasteiger partial charge in [0.05, 0.1) is 25.9 Å². The first kappa shape index (κ1) is 10.7. The zero-order valence-electron chi connectivity index (χ0n) is 8.91. The first-order valence-electron chi connectivity index (χ1n) is 5.57. The zero-order chi connectivity index (χ0) is 10.5. The number of nitrogens with zero attached hydrogens (tertiary/aromatic N) is 1. The second-order valence-electron chi connectivity index (χ2n) is 3.96. The van der Waals surface area contributed by atoms with E-state index in [0.29, 0.717) is 32.9 Å². The largest absolute Gasteiger partial charge is 0.379 e. The van der Waals surface area contributed by atoms with Crippen LogP contribution in [-0.4, -0.2) is 56.5 Å². The molecule has 86 valence electrons. The van der Waals surface area contributed by atoms with E-state index in [0.717, 1.165) is 19.4 Å². The number of amides is 2. The van der Waals surface area contributed by atoms with Gasteiger partial charge >= 0.3 is 6.03 Å². The molecule has 1 unspecified atom stereocenters. The molecule has 2 saturated heterocycles. The SMILES string of the molecule is O=C(NC1CCCOC1)N1CCOCC1. The Kier molecular flexibility index (Phi) is 3.80. The fourth-order valence-electron chi connectivity index (χ4n) is 1.89. The summed E-state index contributed by atoms with van der Waals surface area (Å²) >= 11 is 0. The maximum Gasteiger partial charge on any atom is 0.317 e. The molecule has 1 atom stereocenters. The highest BCUT2D eigenvalue weighted by Crippen LogP contribution is 2.07. The molecule has 0 saturated carbocycles. The molecule has 0 aromatic heterocycles. The Balaban J connectivity index is 1.74. The number of ether oxygens (including phenoxy) is 2. The predicted octanol–water partition coefficient (Wildman–Crippen LogP) is 0.207. The summed E-state index contributed by atoms with van der Waals surface area (Å²) in [5.41, 5.74) is 0. The first-order chi connectivity index (χ1) is 7.36. The molecule has 2 heterocycles. The number of urea groups is 1. The fourth-order valence-corrected chi connectivity index (χ4v) is 1.89. The Bertz CT molecular complexity index is 211. The van der Waals surface area contributed by atoms with Gasteiger partial charge in [0.15, 0.2) is 0 Å². The van der Waals surface area contributed by atoms with Crippen LogP contribution in [0.5, 0.6) is 0 Å². The van der Waals surface area contributed by atoms with E-state index in [1.165, 1.54) is 0 Å². The second-order valence-corrected chi connectivity index (χ2v) is 3.96. The van der Waals surface area contributed by atoms with Crippen LogP contribution in [0, 0.1) is 0 Å². The summed E-state index contributed by atoms with van der Waals surface area (Å²) in [5.74, 6) is 0. The van der Waals surface area contributed by atoms with Crippen molar-refractivity contribution in [2.45, 2.75) is 18.9 Å². The highest BCUT2D eigenvalue weighted by molar-refractivity contribution is 5.74. The van der Waals surface area contributed by atoms with E-state index in [1.807, 2.05) is 0 Å². The summed E-state index contributed by atoms with van der Waals surface area (Å²) in [6.07, 6.45) is 2.06. The van der Waals surface area contributed by atoms with E-state index < -0.39 is 0 Å². The maximum absolute atomic E-state index is 11.8. The summed E-state index contributed by atoms with van der Waals surface area (Å²) < 4.78 is 10.5. The van der Waals surface area contributed by atoms with Crippen LogP contribution in [0.25, 0.3) is 0 Å². The molecule has 5 heteroatoms. The molecule has 0 spiro atoms. The van der Waals surface area contributed by atoms with Crippen LogP contribution in [0.3, 0.4) is 0 Å². The van der Waals surface area contributed by atoms with Gasteiger partial charge in [-0.05, 0) is 12.8 Å². The van der Waals surface area contributed by atoms with Gasteiger partial charge in [0, 0.05) is 19.7 Å². The Morgan fingerprint density at radius 1 is 1.20 bits per heavy atom. The van der Waals surface area contributed by atoms with E-state index in [2.05, 4.69) is 5.32 Å². The van der Waals surface area contributed by atoms with E-state index in [4.69, 9.17) is 9.47 Å². The lowest BCUT2D eigenvalue weighted by molar-refractivity contribution is 0.0452. The van der Waals surface area contributed by atoms with Crippen molar-refractivity contribution in [1.29, 1.82) is 0 Å². The van der Waals surface area contributed by atoms with E-state index >= 15 is 0 Å². The van der Waals surface area contributed by atoms with Crippen molar-refractivity contribution >= 4 is 6.03 Å². The molecule has 15 heavy (non-hydrogen) atoms. The minimum atomic E-state index is 0.0220. The maximum atomic E-state index is 11.8. The molecule has 2 fully saturated rings. The quantitative estimate of drug-likeness (QED) is 0.678. The van der Waals surface area contributed by atoms with Crippen LogP contribution in [-0.2, 0) is 9.47 Å². The summed E-state index contributed by atoms with van der Waals surface area (Å²) in [5, 5.41) is 3.00. The molecular formula is C10H18N2O3. The van der Waals surface area contributed by atoms with Crippen molar-refractivity contribution in [2.75, 3.05) is 39.5 Å². The number of rotatable bonds is 1. The average Bonchev–Trinajstić information content (AvgIpc) is 2.31. The highest BCUT2D eigenvalue weighted by atomic mass is 16.5. The van der Waals surface area contributed by atoms with Gasteiger partial charge in [-0.2, -0.15) is 0 Å². The number of hydrogen-bond acceptors (Lipinski definition) is 3. The third-order valence-electron chi connectivity index (χ3n) is 2.79. The van der Waals surface area contributed by atoms with Crippen molar-refractivity contribution in [3.05, 3.63) is 0 Å². The van der Waals surface area contributed by atoms with E-state index in [9.17, 15) is 4.79 Å². The molecule has 0 aliphatic carbocycles. The summed E-state index contributed by atoms with van der Waals surface area (Å²) in [6, 6.07) is 0.211. The third-order valence-corrected chi connectivity index (χ3v) is 2.79. The smallest absolute Gasteiger partial charge is 0.317 e. The van der Waals surface area contributed by atoms with Crippen LogP contribution in [0.1, 0.15) is 12.8 Å². The van der Waals surface area contributed by atoms with Crippen molar-refractivity contribution in [3.63, 3.8) is 0 Å². The fraction of sp³-hybridized carbons (Fsp3) is 0.900. The Hall–Kier alpha value is -0.810. The normalized spacial score (nSPS) is 27.5. The third kappa shape index (κ3) is 3.07. The number of hydrogen-bond donors (Lipinski definition) is 1. The molecular weight excluding hydrogens is 196 g/mol. The standard InChI is InChI=1S/C10H18N2O3/c13-10(12-3-6-14-7-4-12)11-9-2-1-5-15-8-9/h9H,1-8H2,(H,11,13). The monoisotopic (exact) mass is 214 g/mol. The highest BCUT2D eigenvalue weighted by Gasteiger charge is 2.21. The minimum Gasteiger partial charge on any atom is -0.379 e. The van der Waals surface area contributed by atoms with Gasteiger partial charge in [0.25, 0.3) is 0 Å². The molecule has 0 radical (unpaired) electrons. The molecule has 2 aliphatic heterocycles. The Labute approximate surface area is 89.7 Å². The van der Waals surface area contributed by atoms with Crippen LogP contribution in [0.4, 0.5) is 4.79 Å². The summed E-state index contributed by atoms with van der Waals surface area (Å²) in [4.78, 5) is 13.6. The Morgan fingerprint density at radius 2 is 2.00 bits per heavy atom. The van der Waals surface area contributed by atoms with E-state index in [-0.39, 0.29) is 12.1 Å². The van der Waals surface area contributed by atoms with Gasteiger partial charge in [0.2, 0.25) is 0 Å². The van der Waals surface area contributed by atoms with Crippen molar-refractivity contribution < 1.29 is 14.3 Å². The molecule has 0 aromatic rings. The van der Waals surface area contributed by atoms with Gasteiger partial charge in [-0.1, -0.05) is 0 Å². The number of carbonyl (C=O) groups excluding carboxylic acids is 1. The van der Waals surface area contributed by atoms with E-state index in [1.54, 1.807) is 4.90 Å². The molecule has 0 aromatic carbocycles. The zero-order valence-corrected chi connectivity index (χ0v) is 8.91. The van der Waals surface area contributed by atoms with Crippen LogP contribution in [0.15, 0.2) is 0 Å². The molecule has 0 bridgehead atoms. The van der Waals surface area contributed by atoms with Gasteiger partial charge in [-0.25, -0.2) is 4.79 Å². The van der Waals surface area contributed by atoms with Crippen molar-refractivity contribution in [2.24, 2.45) is 0 Å². The molecule has 2 aliphatic rings. The van der Waals surface area contributed by atoms with Crippen LogP contribution >= 0.6 is 0 Å². The number of carbonyl (C=O) groups is 1. The Morgan fingerprint density at radius 3 is 2.67 bits per heavy atom. The minimum absolute atomic E-state index is 0.0220. The van der Waals surface area contributed by atoms with Gasteiger partial charge < -0.3 is 19.7 Å². The molecule has 1 N–H and O–H groups in total. The lowest BCUT2D eigenvalue weighted by Gasteiger charge is -2.30. The van der Waals surface area contributed by atoms with Crippen LogP contribution in [0.2, 0.25) is 0 Å². The van der Waals surface area contributed by atoms with Gasteiger partial charge in [0.1, 0.15) is 0 Å². The van der Waals surface area contributed by atoms with Gasteiger partial charge in [-0.15, -0.1) is 0 Å². The molecule has 2 amide bonds. The lowest BCUT2D eigenvalue weighted by atomic mass is 10.1. The molecule has 2 rings (SSSR count). The van der Waals surface area contributed by atoms with Crippen LogP contribution < -0.4 is 5.32 Å². The van der Waals surface area contributed by atoms with Crippen molar-refractivity contribution in [3.8, 4) is 0 Å². The number of nitrogens with one attached hydrogen (secondary N) is 1. The predicted molar refractivity (Wildman–Crippen MR) is 54.8 cm³/mol. The summed E-state index contributed by atoms with van der Waals surface area (Å²) in [7, 11) is 0. The van der Waals surface area contributed by atoms with Crippen molar-refractivity contribution in [1.82, 2.24) is 10.2 Å². The van der Waals surface area contributed by atoms with Gasteiger partial charge in [-0.3, -0.25) is 0 Å². The first-order valence-corrected chi connectivity index (χ1v) is 5.57. The number of morpholine rings is 1.